The summed E-state index contributed by atoms with van der Waals surface area (Å²) in [5.74, 6) is 0.264. The van der Waals surface area contributed by atoms with E-state index in [9.17, 15) is 9.59 Å². The van der Waals surface area contributed by atoms with Gasteiger partial charge in [-0.3, -0.25) is 9.59 Å². The molecule has 1 aliphatic carbocycles. The van der Waals surface area contributed by atoms with Crippen LogP contribution in [0.1, 0.15) is 70.2 Å². The molecule has 33 heavy (non-hydrogen) atoms. The third kappa shape index (κ3) is 3.88. The number of aromatic amines is 1. The van der Waals surface area contributed by atoms with Crippen molar-refractivity contribution in [2.75, 3.05) is 0 Å². The lowest BCUT2D eigenvalue weighted by molar-refractivity contribution is 0.0951. The minimum absolute atomic E-state index is 0.107. The Bertz CT molecular complexity index is 1390. The SMILES string of the molecule is Cc1cc(C)c(CNC(=O)c2c(C3CC3)n(C(C)c3ccccc3)c3ccccc23)c(=O)[nH]1. The number of pyridine rings is 1. The van der Waals surface area contributed by atoms with E-state index in [2.05, 4.69) is 52.1 Å². The molecular formula is C28H29N3O2. The summed E-state index contributed by atoms with van der Waals surface area (Å²) in [6.45, 7) is 6.18. The van der Waals surface area contributed by atoms with Crippen LogP contribution in [0.5, 0.6) is 0 Å². The molecule has 0 spiro atoms. The van der Waals surface area contributed by atoms with Crippen molar-refractivity contribution in [3.05, 3.63) is 105 Å². The number of carbonyl (C=O) groups excluding carboxylic acids is 1. The van der Waals surface area contributed by atoms with E-state index in [0.717, 1.165) is 46.3 Å². The monoisotopic (exact) mass is 439 g/mol. The smallest absolute Gasteiger partial charge is 0.254 e. The first-order valence-electron chi connectivity index (χ1n) is 11.6. The Labute approximate surface area is 193 Å². The molecular weight excluding hydrogens is 410 g/mol. The molecule has 1 fully saturated rings. The van der Waals surface area contributed by atoms with Gasteiger partial charge in [0.05, 0.1) is 11.6 Å². The van der Waals surface area contributed by atoms with Gasteiger partial charge in [0.25, 0.3) is 11.5 Å². The largest absolute Gasteiger partial charge is 0.348 e. The van der Waals surface area contributed by atoms with Gasteiger partial charge in [0, 0.05) is 40.3 Å². The Morgan fingerprint density at radius 3 is 2.48 bits per heavy atom. The number of aromatic nitrogens is 2. The van der Waals surface area contributed by atoms with Crippen molar-refractivity contribution in [1.82, 2.24) is 14.9 Å². The van der Waals surface area contributed by atoms with Crippen LogP contribution >= 0.6 is 0 Å². The molecule has 1 saturated carbocycles. The maximum Gasteiger partial charge on any atom is 0.254 e. The minimum Gasteiger partial charge on any atom is -0.348 e. The zero-order chi connectivity index (χ0) is 23.1. The highest BCUT2D eigenvalue weighted by Crippen LogP contribution is 2.46. The molecule has 5 heteroatoms. The molecule has 5 rings (SSSR count). The van der Waals surface area contributed by atoms with Crippen molar-refractivity contribution in [2.24, 2.45) is 0 Å². The number of H-pyrrole nitrogens is 1. The van der Waals surface area contributed by atoms with Crippen LogP contribution in [-0.2, 0) is 6.54 Å². The summed E-state index contributed by atoms with van der Waals surface area (Å²) in [6, 6.07) is 20.6. The number of carbonyl (C=O) groups is 1. The number of hydrogen-bond acceptors (Lipinski definition) is 2. The van der Waals surface area contributed by atoms with Crippen LogP contribution in [0.25, 0.3) is 10.9 Å². The molecule has 2 aromatic heterocycles. The molecule has 2 N–H and O–H groups in total. The Kier molecular flexibility index (Phi) is 5.41. The number of rotatable bonds is 6. The fourth-order valence-electron chi connectivity index (χ4n) is 4.94. The van der Waals surface area contributed by atoms with E-state index in [1.807, 2.05) is 44.2 Å². The Hall–Kier alpha value is -3.60. The molecule has 0 saturated heterocycles. The van der Waals surface area contributed by atoms with Crippen LogP contribution in [0, 0.1) is 13.8 Å². The first kappa shape index (κ1) is 21.3. The molecule has 1 unspecified atom stereocenters. The van der Waals surface area contributed by atoms with Gasteiger partial charge in [0.2, 0.25) is 0 Å². The van der Waals surface area contributed by atoms with E-state index in [4.69, 9.17) is 0 Å². The van der Waals surface area contributed by atoms with Gasteiger partial charge in [-0.1, -0.05) is 48.5 Å². The predicted octanol–water partition coefficient (Wildman–Crippen LogP) is 5.36. The summed E-state index contributed by atoms with van der Waals surface area (Å²) >= 11 is 0. The number of para-hydroxylation sites is 1. The summed E-state index contributed by atoms with van der Waals surface area (Å²) in [4.78, 5) is 28.9. The van der Waals surface area contributed by atoms with Gasteiger partial charge in [0.1, 0.15) is 0 Å². The highest BCUT2D eigenvalue weighted by Gasteiger charge is 2.35. The maximum absolute atomic E-state index is 13.6. The first-order valence-corrected chi connectivity index (χ1v) is 11.6. The molecule has 168 valence electrons. The van der Waals surface area contributed by atoms with Crippen LogP contribution in [-0.4, -0.2) is 15.5 Å². The summed E-state index contributed by atoms with van der Waals surface area (Å²) in [7, 11) is 0. The second kappa shape index (κ2) is 8.39. The van der Waals surface area contributed by atoms with Crippen LogP contribution < -0.4 is 10.9 Å². The topological polar surface area (TPSA) is 66.9 Å². The average Bonchev–Trinajstić information content (AvgIpc) is 3.59. The lowest BCUT2D eigenvalue weighted by Gasteiger charge is -2.20. The highest BCUT2D eigenvalue weighted by molar-refractivity contribution is 6.09. The number of aryl methyl sites for hydroxylation is 2. The number of amides is 1. The molecule has 0 radical (unpaired) electrons. The predicted molar refractivity (Wildman–Crippen MR) is 132 cm³/mol. The van der Waals surface area contributed by atoms with E-state index < -0.39 is 0 Å². The van der Waals surface area contributed by atoms with Crippen molar-refractivity contribution in [3.63, 3.8) is 0 Å². The van der Waals surface area contributed by atoms with Crippen molar-refractivity contribution in [1.29, 1.82) is 0 Å². The summed E-state index contributed by atoms with van der Waals surface area (Å²) in [6.07, 6.45) is 2.18. The van der Waals surface area contributed by atoms with Gasteiger partial charge < -0.3 is 14.9 Å². The third-order valence-electron chi connectivity index (χ3n) is 6.73. The molecule has 2 heterocycles. The van der Waals surface area contributed by atoms with Crippen molar-refractivity contribution < 1.29 is 4.79 Å². The van der Waals surface area contributed by atoms with Crippen LogP contribution in [0.2, 0.25) is 0 Å². The number of hydrogen-bond donors (Lipinski definition) is 2. The third-order valence-corrected chi connectivity index (χ3v) is 6.73. The lowest BCUT2D eigenvalue weighted by Crippen LogP contribution is -2.28. The highest BCUT2D eigenvalue weighted by atomic mass is 16.2. The summed E-state index contributed by atoms with van der Waals surface area (Å²) < 4.78 is 2.35. The molecule has 1 amide bonds. The number of benzene rings is 2. The van der Waals surface area contributed by atoms with E-state index >= 15 is 0 Å². The van der Waals surface area contributed by atoms with Gasteiger partial charge in [-0.25, -0.2) is 0 Å². The van der Waals surface area contributed by atoms with E-state index in [-0.39, 0.29) is 24.1 Å². The number of nitrogens with zero attached hydrogens (tertiary/aromatic N) is 1. The Morgan fingerprint density at radius 1 is 1.09 bits per heavy atom. The van der Waals surface area contributed by atoms with Crippen LogP contribution in [0.15, 0.2) is 65.5 Å². The minimum atomic E-state index is -0.143. The molecule has 0 aliphatic heterocycles. The fraction of sp³-hybridized carbons (Fsp3) is 0.286. The first-order chi connectivity index (χ1) is 16.0. The van der Waals surface area contributed by atoms with E-state index in [0.29, 0.717) is 11.5 Å². The zero-order valence-corrected chi connectivity index (χ0v) is 19.3. The quantitative estimate of drug-likeness (QED) is 0.425. The van der Waals surface area contributed by atoms with Gasteiger partial charge in [-0.05, 0) is 56.9 Å². The lowest BCUT2D eigenvalue weighted by atomic mass is 10.1. The molecule has 5 nitrogen and oxygen atoms in total. The second-order valence-electron chi connectivity index (χ2n) is 9.13. The van der Waals surface area contributed by atoms with Gasteiger partial charge in [0.15, 0.2) is 0 Å². The Balaban J connectivity index is 1.58. The average molecular weight is 440 g/mol. The van der Waals surface area contributed by atoms with Crippen LogP contribution in [0.4, 0.5) is 0 Å². The van der Waals surface area contributed by atoms with Crippen molar-refractivity contribution >= 4 is 16.8 Å². The van der Waals surface area contributed by atoms with Gasteiger partial charge in [-0.2, -0.15) is 0 Å². The number of fused-ring (bicyclic) bond motifs is 1. The van der Waals surface area contributed by atoms with Crippen molar-refractivity contribution in [3.8, 4) is 0 Å². The standard InChI is InChI=1S/C28H29N3O2/c1-17-15-18(2)30-27(32)23(17)16-29-28(33)25-22-11-7-8-12-24(22)31(26(25)21-13-14-21)19(3)20-9-5-4-6-10-20/h4-12,15,19,21H,13-14,16H2,1-3H3,(H,29,33)(H,30,32). The van der Waals surface area contributed by atoms with E-state index in [1.165, 1.54) is 5.56 Å². The van der Waals surface area contributed by atoms with Gasteiger partial charge >= 0.3 is 0 Å². The fourth-order valence-corrected chi connectivity index (χ4v) is 4.94. The number of nitrogens with one attached hydrogen (secondary N) is 2. The molecule has 2 aromatic carbocycles. The van der Waals surface area contributed by atoms with Gasteiger partial charge in [-0.15, -0.1) is 0 Å². The molecule has 1 atom stereocenters. The van der Waals surface area contributed by atoms with E-state index in [1.54, 1.807) is 0 Å². The maximum atomic E-state index is 13.6. The van der Waals surface area contributed by atoms with Crippen LogP contribution in [0.3, 0.4) is 0 Å². The molecule has 1 aliphatic rings. The summed E-state index contributed by atoms with van der Waals surface area (Å²) in [5, 5.41) is 4.02. The Morgan fingerprint density at radius 2 is 1.79 bits per heavy atom. The normalized spacial score (nSPS) is 14.4. The second-order valence-corrected chi connectivity index (χ2v) is 9.13. The zero-order valence-electron chi connectivity index (χ0n) is 19.3. The molecule has 4 aromatic rings. The molecule has 0 bridgehead atoms. The van der Waals surface area contributed by atoms with Crippen molar-refractivity contribution in [2.45, 2.75) is 52.1 Å². The summed E-state index contributed by atoms with van der Waals surface area (Å²) in [5.41, 5.74) is 6.31.